The molecule has 0 spiro atoms. The number of β-amino-alcohol motifs (C(OH)–C–C–N with tert-alkyl or cyclic N) is 1. The van der Waals surface area contributed by atoms with Gasteiger partial charge < -0.3 is 15.2 Å². The van der Waals surface area contributed by atoms with Gasteiger partial charge in [-0.05, 0) is 33.7 Å². The van der Waals surface area contributed by atoms with Gasteiger partial charge >= 0.3 is 6.09 Å². The Kier molecular flexibility index (Phi) is 4.52. The standard InChI is InChI=1S/C10H21N3O3/c1-10(2,3)16-9(15)13-12-7-4-5-11-6-8(7)14/h7-8,11-12,14H,4-6H2,1-3H3,(H,13,15). The van der Waals surface area contributed by atoms with Crippen molar-refractivity contribution in [2.24, 2.45) is 0 Å². The van der Waals surface area contributed by atoms with Crippen LogP contribution in [0.15, 0.2) is 0 Å². The lowest BCUT2D eigenvalue weighted by Gasteiger charge is -2.29. The number of piperidine rings is 1. The molecule has 0 bridgehead atoms. The Hall–Kier alpha value is -0.850. The second kappa shape index (κ2) is 5.47. The molecule has 4 N–H and O–H groups in total. The Morgan fingerprint density at radius 2 is 2.19 bits per heavy atom. The summed E-state index contributed by atoms with van der Waals surface area (Å²) in [7, 11) is 0. The van der Waals surface area contributed by atoms with Crippen molar-refractivity contribution in [1.82, 2.24) is 16.2 Å². The fourth-order valence-electron chi connectivity index (χ4n) is 1.47. The second-order valence-electron chi connectivity index (χ2n) is 4.94. The summed E-state index contributed by atoms with van der Waals surface area (Å²) >= 11 is 0. The number of amides is 1. The normalized spacial score (nSPS) is 26.2. The zero-order valence-electron chi connectivity index (χ0n) is 10.0. The Morgan fingerprint density at radius 3 is 2.75 bits per heavy atom. The zero-order chi connectivity index (χ0) is 12.2. The minimum Gasteiger partial charge on any atom is -0.443 e. The van der Waals surface area contributed by atoms with Crippen LogP contribution in [0.5, 0.6) is 0 Å². The molecule has 1 saturated heterocycles. The summed E-state index contributed by atoms with van der Waals surface area (Å²) in [6.07, 6.45) is -0.265. The molecule has 6 nitrogen and oxygen atoms in total. The quantitative estimate of drug-likeness (QED) is 0.492. The van der Waals surface area contributed by atoms with Crippen LogP contribution < -0.4 is 16.2 Å². The number of aliphatic hydroxyl groups excluding tert-OH is 1. The molecule has 0 aromatic rings. The largest absolute Gasteiger partial charge is 0.443 e. The first kappa shape index (κ1) is 13.2. The molecule has 94 valence electrons. The van der Waals surface area contributed by atoms with E-state index in [2.05, 4.69) is 16.2 Å². The van der Waals surface area contributed by atoms with Gasteiger partial charge in [-0.1, -0.05) is 0 Å². The minimum absolute atomic E-state index is 0.131. The van der Waals surface area contributed by atoms with E-state index in [9.17, 15) is 9.90 Å². The number of hydrogen-bond donors (Lipinski definition) is 4. The molecule has 16 heavy (non-hydrogen) atoms. The summed E-state index contributed by atoms with van der Waals surface area (Å²) in [4.78, 5) is 11.3. The Morgan fingerprint density at radius 1 is 1.50 bits per heavy atom. The average Bonchev–Trinajstić information content (AvgIpc) is 2.14. The number of aliphatic hydroxyl groups is 1. The third-order valence-electron chi connectivity index (χ3n) is 2.21. The fourth-order valence-corrected chi connectivity index (χ4v) is 1.47. The molecule has 1 heterocycles. The summed E-state index contributed by atoms with van der Waals surface area (Å²) in [5.74, 6) is 0. The van der Waals surface area contributed by atoms with Crippen molar-refractivity contribution in [2.45, 2.75) is 44.9 Å². The highest BCUT2D eigenvalue weighted by molar-refractivity contribution is 5.67. The summed E-state index contributed by atoms with van der Waals surface area (Å²) < 4.78 is 5.05. The zero-order valence-corrected chi connectivity index (χ0v) is 10.0. The van der Waals surface area contributed by atoms with Crippen molar-refractivity contribution >= 4 is 6.09 Å². The maximum Gasteiger partial charge on any atom is 0.422 e. The first-order valence-electron chi connectivity index (χ1n) is 5.52. The first-order valence-corrected chi connectivity index (χ1v) is 5.52. The molecule has 1 fully saturated rings. The van der Waals surface area contributed by atoms with Crippen molar-refractivity contribution in [3.8, 4) is 0 Å². The van der Waals surface area contributed by atoms with Gasteiger partial charge in [0.1, 0.15) is 5.60 Å². The molecule has 6 heteroatoms. The van der Waals surface area contributed by atoms with E-state index in [1.165, 1.54) is 0 Å². The molecule has 0 aromatic heterocycles. The van der Waals surface area contributed by atoms with Crippen molar-refractivity contribution in [3.05, 3.63) is 0 Å². The van der Waals surface area contributed by atoms with Gasteiger partial charge in [-0.15, -0.1) is 0 Å². The predicted octanol–water partition coefficient (Wildman–Crippen LogP) is -0.261. The van der Waals surface area contributed by atoms with Crippen molar-refractivity contribution in [3.63, 3.8) is 0 Å². The summed E-state index contributed by atoms with van der Waals surface area (Å²) in [6, 6.07) is -0.131. The van der Waals surface area contributed by atoms with Gasteiger partial charge in [0.15, 0.2) is 0 Å². The van der Waals surface area contributed by atoms with Crippen LogP contribution in [0.3, 0.4) is 0 Å². The van der Waals surface area contributed by atoms with Crippen LogP contribution in [0.2, 0.25) is 0 Å². The van der Waals surface area contributed by atoms with E-state index in [4.69, 9.17) is 4.74 Å². The highest BCUT2D eigenvalue weighted by atomic mass is 16.6. The third kappa shape index (κ3) is 4.78. The van der Waals surface area contributed by atoms with Gasteiger partial charge in [0, 0.05) is 6.54 Å². The number of nitrogens with one attached hydrogen (secondary N) is 3. The van der Waals surface area contributed by atoms with Gasteiger partial charge in [-0.3, -0.25) is 5.43 Å². The van der Waals surface area contributed by atoms with E-state index in [0.29, 0.717) is 6.54 Å². The lowest BCUT2D eigenvalue weighted by molar-refractivity contribution is 0.0426. The van der Waals surface area contributed by atoms with Crippen LogP contribution in [0.25, 0.3) is 0 Å². The van der Waals surface area contributed by atoms with E-state index in [-0.39, 0.29) is 6.04 Å². The van der Waals surface area contributed by atoms with Crippen molar-refractivity contribution in [1.29, 1.82) is 0 Å². The maximum absolute atomic E-state index is 11.3. The molecular weight excluding hydrogens is 210 g/mol. The lowest BCUT2D eigenvalue weighted by Crippen LogP contribution is -2.56. The van der Waals surface area contributed by atoms with Crippen LogP contribution in [-0.2, 0) is 4.74 Å². The van der Waals surface area contributed by atoms with Gasteiger partial charge in [0.05, 0.1) is 12.1 Å². The third-order valence-corrected chi connectivity index (χ3v) is 2.21. The van der Waals surface area contributed by atoms with Crippen LogP contribution in [-0.4, -0.2) is 42.0 Å². The monoisotopic (exact) mass is 231 g/mol. The number of ether oxygens (including phenoxy) is 1. The Labute approximate surface area is 95.7 Å². The lowest BCUT2D eigenvalue weighted by atomic mass is 10.1. The second-order valence-corrected chi connectivity index (χ2v) is 4.94. The predicted molar refractivity (Wildman–Crippen MR) is 59.8 cm³/mol. The van der Waals surface area contributed by atoms with E-state index in [1.54, 1.807) is 20.8 Å². The molecule has 2 unspecified atom stereocenters. The number of rotatable bonds is 2. The Bertz CT molecular complexity index is 240. The molecule has 0 saturated carbocycles. The average molecular weight is 231 g/mol. The molecular formula is C10H21N3O3. The van der Waals surface area contributed by atoms with Crippen LogP contribution in [0.1, 0.15) is 27.2 Å². The van der Waals surface area contributed by atoms with Crippen LogP contribution in [0.4, 0.5) is 4.79 Å². The summed E-state index contributed by atoms with van der Waals surface area (Å²) in [5.41, 5.74) is 4.70. The minimum atomic E-state index is -0.529. The molecule has 2 atom stereocenters. The molecule has 1 amide bonds. The smallest absolute Gasteiger partial charge is 0.422 e. The SMILES string of the molecule is CC(C)(C)OC(=O)NNC1CCNCC1O. The molecule has 0 radical (unpaired) electrons. The van der Waals surface area contributed by atoms with Gasteiger partial charge in [0.2, 0.25) is 0 Å². The summed E-state index contributed by atoms with van der Waals surface area (Å²) in [5, 5.41) is 12.7. The van der Waals surface area contributed by atoms with Crippen LogP contribution in [0, 0.1) is 0 Å². The molecule has 1 rings (SSSR count). The van der Waals surface area contributed by atoms with Crippen molar-refractivity contribution < 1.29 is 14.6 Å². The van der Waals surface area contributed by atoms with E-state index in [1.807, 2.05) is 0 Å². The van der Waals surface area contributed by atoms with Gasteiger partial charge in [-0.25, -0.2) is 10.2 Å². The van der Waals surface area contributed by atoms with Gasteiger partial charge in [-0.2, -0.15) is 0 Å². The molecule has 1 aliphatic rings. The number of carbonyl (C=O) groups is 1. The first-order chi connectivity index (χ1) is 7.38. The van der Waals surface area contributed by atoms with Gasteiger partial charge in [0.25, 0.3) is 0 Å². The number of hydrogen-bond acceptors (Lipinski definition) is 5. The van der Waals surface area contributed by atoms with Crippen LogP contribution >= 0.6 is 0 Å². The molecule has 1 aliphatic heterocycles. The van der Waals surface area contributed by atoms with E-state index >= 15 is 0 Å². The van der Waals surface area contributed by atoms with E-state index < -0.39 is 17.8 Å². The molecule has 0 aliphatic carbocycles. The topological polar surface area (TPSA) is 82.6 Å². The number of hydrazine groups is 1. The highest BCUT2D eigenvalue weighted by Gasteiger charge is 2.23. The van der Waals surface area contributed by atoms with E-state index in [0.717, 1.165) is 13.0 Å². The molecule has 0 aromatic carbocycles. The van der Waals surface area contributed by atoms with Crippen molar-refractivity contribution in [2.75, 3.05) is 13.1 Å². The Balaban J connectivity index is 2.25. The number of carbonyl (C=O) groups excluding carboxylic acids is 1. The maximum atomic E-state index is 11.3. The highest BCUT2D eigenvalue weighted by Crippen LogP contribution is 2.06. The fraction of sp³-hybridized carbons (Fsp3) is 0.900. The summed E-state index contributed by atoms with van der Waals surface area (Å²) in [6.45, 7) is 6.75.